The summed E-state index contributed by atoms with van der Waals surface area (Å²) in [6.07, 6.45) is 0.985. The highest BCUT2D eigenvalue weighted by Crippen LogP contribution is 2.36. The number of pyridine rings is 1. The van der Waals surface area contributed by atoms with Crippen LogP contribution in [0.4, 0.5) is 0 Å². The Morgan fingerprint density at radius 2 is 1.96 bits per heavy atom. The van der Waals surface area contributed by atoms with Crippen LogP contribution in [0.2, 0.25) is 5.02 Å². The first kappa shape index (κ1) is 16.5. The van der Waals surface area contributed by atoms with Gasteiger partial charge in [0, 0.05) is 22.7 Å². The zero-order valence-electron chi connectivity index (χ0n) is 13.8. The van der Waals surface area contributed by atoms with Crippen molar-refractivity contribution in [2.75, 3.05) is 0 Å². The third-order valence-electron chi connectivity index (χ3n) is 4.49. The molecule has 0 spiro atoms. The van der Waals surface area contributed by atoms with E-state index < -0.39 is 5.56 Å². The fourth-order valence-electron chi connectivity index (χ4n) is 3.29. The number of hydrogen-bond donors (Lipinski definition) is 0. The first-order chi connectivity index (χ1) is 11.2. The zero-order chi connectivity index (χ0) is 17.6. The minimum atomic E-state index is -0.410. The molecule has 24 heavy (non-hydrogen) atoms. The monoisotopic (exact) mass is 340 g/mol. The molecule has 0 amide bonds. The fourth-order valence-corrected chi connectivity index (χ4v) is 3.46. The maximum atomic E-state index is 12.8. The van der Waals surface area contributed by atoms with Crippen LogP contribution < -0.4 is 5.56 Å². The lowest BCUT2D eigenvalue weighted by molar-refractivity contribution is 0.0908. The lowest BCUT2D eigenvalue weighted by Crippen LogP contribution is -2.35. The molecule has 2 aromatic rings. The minimum absolute atomic E-state index is 0.0267. The third kappa shape index (κ3) is 2.55. The van der Waals surface area contributed by atoms with Gasteiger partial charge in [0.2, 0.25) is 0 Å². The molecule has 0 aliphatic heterocycles. The largest absolute Gasteiger partial charge is 0.294 e. The van der Waals surface area contributed by atoms with Crippen LogP contribution in [0.3, 0.4) is 0 Å². The molecule has 0 radical (unpaired) electrons. The molecule has 5 heteroatoms. The summed E-state index contributed by atoms with van der Waals surface area (Å²) in [5.74, 6) is -0.0359. The standard InChI is InChI=1S/C19H17ClN2O2/c1-11-14(20)5-4-6-15(11)22-16-8-19(2,3)9-17(23)13(16)7-12(10-21)18(22)24/h4-7H,8-9H2,1-3H3. The van der Waals surface area contributed by atoms with Crippen LogP contribution in [-0.4, -0.2) is 10.4 Å². The summed E-state index contributed by atoms with van der Waals surface area (Å²) in [7, 11) is 0. The van der Waals surface area contributed by atoms with Gasteiger partial charge in [-0.15, -0.1) is 0 Å². The van der Waals surface area contributed by atoms with Crippen molar-refractivity contribution in [3.8, 4) is 11.8 Å². The van der Waals surface area contributed by atoms with E-state index in [-0.39, 0.29) is 16.8 Å². The SMILES string of the molecule is Cc1c(Cl)cccc1-n1c2c(cc(C#N)c1=O)C(=O)CC(C)(C)C2. The smallest absolute Gasteiger partial charge is 0.273 e. The molecule has 1 heterocycles. The molecular weight excluding hydrogens is 324 g/mol. The van der Waals surface area contributed by atoms with Gasteiger partial charge in [0.25, 0.3) is 5.56 Å². The minimum Gasteiger partial charge on any atom is -0.294 e. The van der Waals surface area contributed by atoms with Gasteiger partial charge in [-0.25, -0.2) is 0 Å². The van der Waals surface area contributed by atoms with Gasteiger partial charge in [-0.2, -0.15) is 5.26 Å². The Kier molecular flexibility index (Phi) is 3.85. The number of ketones is 1. The lowest BCUT2D eigenvalue weighted by Gasteiger charge is -2.32. The average Bonchev–Trinajstić information content (AvgIpc) is 2.49. The number of carbonyl (C=O) groups excluding carboxylic acids is 1. The van der Waals surface area contributed by atoms with Gasteiger partial charge in [-0.3, -0.25) is 14.2 Å². The van der Waals surface area contributed by atoms with E-state index in [1.54, 1.807) is 18.2 Å². The molecule has 4 nitrogen and oxygen atoms in total. The highest BCUT2D eigenvalue weighted by atomic mass is 35.5. The Morgan fingerprint density at radius 1 is 1.25 bits per heavy atom. The Hall–Kier alpha value is -2.38. The third-order valence-corrected chi connectivity index (χ3v) is 4.90. The molecule has 1 aliphatic carbocycles. The number of rotatable bonds is 1. The molecule has 3 rings (SSSR count). The van der Waals surface area contributed by atoms with E-state index in [1.807, 2.05) is 26.8 Å². The van der Waals surface area contributed by atoms with Gasteiger partial charge in [0.15, 0.2) is 5.78 Å². The number of fused-ring (bicyclic) bond motifs is 1. The Balaban J connectivity index is 2.44. The van der Waals surface area contributed by atoms with E-state index in [0.717, 1.165) is 5.56 Å². The summed E-state index contributed by atoms with van der Waals surface area (Å²) >= 11 is 6.21. The van der Waals surface area contributed by atoms with E-state index >= 15 is 0 Å². The zero-order valence-corrected chi connectivity index (χ0v) is 14.6. The molecule has 1 aromatic carbocycles. The van der Waals surface area contributed by atoms with Crippen LogP contribution in [0.1, 0.15) is 47.4 Å². The molecule has 0 atom stereocenters. The average molecular weight is 341 g/mol. The molecule has 1 aromatic heterocycles. The van der Waals surface area contributed by atoms with Crippen molar-refractivity contribution < 1.29 is 4.79 Å². The second-order valence-electron chi connectivity index (χ2n) is 7.00. The molecule has 0 N–H and O–H groups in total. The van der Waals surface area contributed by atoms with Crippen LogP contribution in [0.15, 0.2) is 29.1 Å². The highest BCUT2D eigenvalue weighted by Gasteiger charge is 2.34. The van der Waals surface area contributed by atoms with E-state index in [9.17, 15) is 14.9 Å². The number of halogens is 1. The van der Waals surface area contributed by atoms with E-state index in [2.05, 4.69) is 0 Å². The van der Waals surface area contributed by atoms with E-state index in [4.69, 9.17) is 11.6 Å². The molecule has 0 fully saturated rings. The number of benzene rings is 1. The normalized spacial score (nSPS) is 15.7. The van der Waals surface area contributed by atoms with E-state index in [1.165, 1.54) is 10.6 Å². The topological polar surface area (TPSA) is 62.9 Å². The van der Waals surface area contributed by atoms with Crippen molar-refractivity contribution in [3.63, 3.8) is 0 Å². The van der Waals surface area contributed by atoms with Crippen LogP contribution in [-0.2, 0) is 6.42 Å². The molecule has 0 bridgehead atoms. The molecule has 122 valence electrons. The van der Waals surface area contributed by atoms with Crippen molar-refractivity contribution in [1.82, 2.24) is 4.57 Å². The summed E-state index contributed by atoms with van der Waals surface area (Å²) in [5.41, 5.74) is 1.81. The van der Waals surface area contributed by atoms with Gasteiger partial charge in [-0.05, 0) is 42.5 Å². The molecule has 0 saturated carbocycles. The Labute approximate surface area is 145 Å². The number of aromatic nitrogens is 1. The second kappa shape index (κ2) is 5.61. The Bertz CT molecular complexity index is 965. The van der Waals surface area contributed by atoms with Gasteiger partial charge in [0.1, 0.15) is 11.6 Å². The summed E-state index contributed by atoms with van der Waals surface area (Å²) in [4.78, 5) is 25.4. The van der Waals surface area contributed by atoms with E-state index in [0.29, 0.717) is 34.8 Å². The first-order valence-electron chi connectivity index (χ1n) is 7.73. The fraction of sp³-hybridized carbons (Fsp3) is 0.316. The summed E-state index contributed by atoms with van der Waals surface area (Å²) in [5, 5.41) is 9.84. The Morgan fingerprint density at radius 3 is 2.62 bits per heavy atom. The molecule has 0 saturated heterocycles. The number of carbonyl (C=O) groups is 1. The number of hydrogen-bond acceptors (Lipinski definition) is 3. The van der Waals surface area contributed by atoms with Crippen molar-refractivity contribution in [2.24, 2.45) is 5.41 Å². The molecule has 1 aliphatic rings. The van der Waals surface area contributed by atoms with Crippen LogP contribution in [0.5, 0.6) is 0 Å². The summed E-state index contributed by atoms with van der Waals surface area (Å²) < 4.78 is 1.49. The highest BCUT2D eigenvalue weighted by molar-refractivity contribution is 6.31. The van der Waals surface area contributed by atoms with Crippen LogP contribution in [0.25, 0.3) is 5.69 Å². The van der Waals surface area contributed by atoms with Crippen LogP contribution >= 0.6 is 11.6 Å². The maximum Gasteiger partial charge on any atom is 0.273 e. The van der Waals surface area contributed by atoms with Crippen molar-refractivity contribution >= 4 is 17.4 Å². The van der Waals surface area contributed by atoms with Crippen molar-refractivity contribution in [1.29, 1.82) is 5.26 Å². The van der Waals surface area contributed by atoms with Crippen molar-refractivity contribution in [2.45, 2.75) is 33.6 Å². The summed E-state index contributed by atoms with van der Waals surface area (Å²) in [6, 6.07) is 8.65. The quantitative estimate of drug-likeness (QED) is 0.792. The van der Waals surface area contributed by atoms with Gasteiger partial charge in [0.05, 0.1) is 5.69 Å². The second-order valence-corrected chi connectivity index (χ2v) is 7.40. The molecule has 0 unspecified atom stereocenters. The number of Topliss-reactive ketones (excluding diaryl/α,β-unsaturated/α-hetero) is 1. The predicted octanol–water partition coefficient (Wildman–Crippen LogP) is 3.83. The lowest BCUT2D eigenvalue weighted by atomic mass is 9.75. The summed E-state index contributed by atoms with van der Waals surface area (Å²) in [6.45, 7) is 5.84. The van der Waals surface area contributed by atoms with Gasteiger partial charge in [-0.1, -0.05) is 31.5 Å². The number of nitriles is 1. The first-order valence-corrected chi connectivity index (χ1v) is 8.11. The molecular formula is C19H17ClN2O2. The van der Waals surface area contributed by atoms with Crippen molar-refractivity contribution in [3.05, 3.63) is 62.0 Å². The predicted molar refractivity (Wildman–Crippen MR) is 92.9 cm³/mol. The van der Waals surface area contributed by atoms with Gasteiger partial charge < -0.3 is 0 Å². The van der Waals surface area contributed by atoms with Gasteiger partial charge >= 0.3 is 0 Å². The number of nitrogens with zero attached hydrogens (tertiary/aromatic N) is 2. The van der Waals surface area contributed by atoms with Crippen LogP contribution in [0, 0.1) is 23.7 Å². The maximum absolute atomic E-state index is 12.8.